The van der Waals surface area contributed by atoms with Crippen LogP contribution in [0, 0.1) is 45.3 Å². The van der Waals surface area contributed by atoms with Crippen LogP contribution in [-0.2, 0) is 36.5 Å². The summed E-state index contributed by atoms with van der Waals surface area (Å²) in [6.45, 7) is 9.12. The van der Waals surface area contributed by atoms with Crippen LogP contribution in [0.1, 0.15) is 233 Å². The van der Waals surface area contributed by atoms with E-state index in [9.17, 15) is 30.6 Å². The highest BCUT2D eigenvalue weighted by atomic mass is 32.1. The number of nitriles is 4. The van der Waals surface area contributed by atoms with Gasteiger partial charge in [0.1, 0.15) is 35.4 Å². The third kappa shape index (κ3) is 11.4. The number of carbonyl (C=O) groups excluding carboxylic acids is 2. The second kappa shape index (κ2) is 28.8. The predicted molar refractivity (Wildman–Crippen MR) is 424 cm³/mol. The predicted octanol–water partition coefficient (Wildman–Crippen LogP) is 25.9. The molecule has 6 nitrogen and oxygen atoms in total. The molecular weight excluding hydrogens is 1380 g/mol. The summed E-state index contributed by atoms with van der Waals surface area (Å²) in [5.74, 6) is -0.359. The molecule has 14 heteroatoms. The third-order valence-electron chi connectivity index (χ3n) is 20.6. The number of carbonyl (C=O) groups is 2. The second-order valence-electron chi connectivity index (χ2n) is 26.9. The highest BCUT2D eigenvalue weighted by Gasteiger charge is 2.56. The van der Waals surface area contributed by atoms with Crippen LogP contribution in [0.15, 0.2) is 144 Å². The maximum absolute atomic E-state index is 14.6. The number of aryl methyl sites for hydroxylation is 4. The quantitative estimate of drug-likeness (QED) is 0.0302. The maximum Gasteiger partial charge on any atom is 0.194 e. The summed E-state index contributed by atoms with van der Waals surface area (Å²) in [4.78, 5) is 44.4. The highest BCUT2D eigenvalue weighted by Crippen LogP contribution is 2.70. The molecule has 100 heavy (non-hydrogen) atoms. The number of fused-ring (bicyclic) bond motifs is 12. The standard InChI is InChI=1S/C86H74N4O2S8/c1-5-9-13-17-25-53-33-37-71(93-53)85(72-38-34-54(94-72)26-18-14-10-6-2)67-45-64-68(46-63(67)81-77(85)83-69(99-81)43-57(97-83)41-65-75(51(47-87)48-88)59-29-21-23-31-61(59)79(65)91)86(73-39-35-55(95-73)27-19-15-11-7-3,74-40-36-56(96-74)28-20-16-12-8-4)78-82(64)100-70-44-58(98-84(70)78)42-66-76(52(49-89)50-90)60-30-22-24-32-62(60)80(66)92/h21-24,29-46H,5-20,25-28H2,1-4H3. The van der Waals surface area contributed by atoms with Crippen molar-refractivity contribution in [1.82, 2.24) is 0 Å². The van der Waals surface area contributed by atoms with Crippen LogP contribution in [0.25, 0.3) is 63.0 Å². The maximum atomic E-state index is 14.6. The SMILES string of the molecule is CCCCCCc1ccc(C2(c3ccc(CCCCCC)s3)c3cc4c(cc3-c3sc5cc(C=C6C(=O)c7ccccc7C6=C(C#N)C#N)sc5c32)C(c2ccc(CCCCCC)s2)(c2ccc(CCCCCC)s2)c2c-4sc3cc(C=C4C(=O)c5ccccc5C4=C(C#N)C#N)sc23)s1. The van der Waals surface area contributed by atoms with Crippen molar-refractivity contribution in [3.8, 4) is 45.2 Å². The Balaban J connectivity index is 1.01. The van der Waals surface area contributed by atoms with Gasteiger partial charge >= 0.3 is 0 Å². The smallest absolute Gasteiger partial charge is 0.194 e. The molecule has 498 valence electrons. The molecule has 0 fully saturated rings. The zero-order valence-corrected chi connectivity index (χ0v) is 63.2. The van der Waals surface area contributed by atoms with E-state index in [1.807, 2.05) is 117 Å². The molecule has 8 aromatic heterocycles. The Labute approximate surface area is 618 Å². The van der Waals surface area contributed by atoms with E-state index in [-0.39, 0.29) is 22.7 Å². The molecule has 15 rings (SSSR count). The van der Waals surface area contributed by atoms with Crippen LogP contribution in [0.2, 0.25) is 0 Å². The van der Waals surface area contributed by atoms with Gasteiger partial charge in [-0.3, -0.25) is 9.59 Å². The molecule has 4 aliphatic rings. The van der Waals surface area contributed by atoms with E-state index in [0.29, 0.717) is 44.5 Å². The number of hydrogen-bond acceptors (Lipinski definition) is 14. The van der Waals surface area contributed by atoms with E-state index >= 15 is 0 Å². The molecule has 0 aliphatic heterocycles. The number of ketones is 2. The van der Waals surface area contributed by atoms with Gasteiger partial charge in [-0.2, -0.15) is 21.0 Å². The number of allylic oxidation sites excluding steroid dienone is 6. The molecule has 0 unspecified atom stereocenters. The minimum absolute atomic E-state index is 0.0677. The van der Waals surface area contributed by atoms with E-state index in [4.69, 9.17) is 0 Å². The van der Waals surface area contributed by atoms with Gasteiger partial charge in [0, 0.05) is 112 Å². The van der Waals surface area contributed by atoms with Crippen molar-refractivity contribution in [2.24, 2.45) is 0 Å². The summed E-state index contributed by atoms with van der Waals surface area (Å²) in [5, 5.41) is 41.7. The summed E-state index contributed by atoms with van der Waals surface area (Å²) < 4.78 is 4.66. The van der Waals surface area contributed by atoms with Crippen LogP contribution in [0.4, 0.5) is 0 Å². The number of benzene rings is 3. The third-order valence-corrected chi connectivity index (χ3v) is 30.5. The lowest BCUT2D eigenvalue weighted by atomic mass is 9.73. The van der Waals surface area contributed by atoms with Gasteiger partial charge in [-0.1, -0.05) is 153 Å². The number of nitrogens with zero attached hydrogens (tertiary/aromatic N) is 4. The van der Waals surface area contributed by atoms with Crippen molar-refractivity contribution < 1.29 is 9.59 Å². The Kier molecular flexibility index (Phi) is 19.6. The second-order valence-corrected chi connectivity index (χ2v) is 35.8. The minimum atomic E-state index is -0.726. The lowest BCUT2D eigenvalue weighted by Crippen LogP contribution is -2.27. The first-order valence-corrected chi connectivity index (χ1v) is 42.1. The molecule has 0 saturated heterocycles. The van der Waals surface area contributed by atoms with Crippen molar-refractivity contribution in [2.45, 2.75) is 167 Å². The fourth-order valence-electron chi connectivity index (χ4n) is 15.9. The molecule has 0 amide bonds. The Bertz CT molecular complexity index is 4930. The molecule has 4 aliphatic carbocycles. The van der Waals surface area contributed by atoms with Gasteiger partial charge in [-0.15, -0.1) is 90.7 Å². The van der Waals surface area contributed by atoms with Gasteiger partial charge in [0.2, 0.25) is 0 Å². The van der Waals surface area contributed by atoms with Crippen LogP contribution in [0.5, 0.6) is 0 Å². The largest absolute Gasteiger partial charge is 0.289 e. The Hall–Kier alpha value is -7.96. The van der Waals surface area contributed by atoms with Gasteiger partial charge in [0.15, 0.2) is 11.6 Å². The van der Waals surface area contributed by atoms with Gasteiger partial charge in [0.25, 0.3) is 0 Å². The van der Waals surface area contributed by atoms with Crippen LogP contribution >= 0.6 is 90.7 Å². The van der Waals surface area contributed by atoms with Gasteiger partial charge in [-0.25, -0.2) is 0 Å². The molecule has 0 atom stereocenters. The van der Waals surface area contributed by atoms with Crippen molar-refractivity contribution in [2.75, 3.05) is 0 Å². The molecule has 3 aromatic carbocycles. The molecule has 0 N–H and O–H groups in total. The fraction of sp³-hybridized carbons (Fsp3) is 0.302. The molecule has 0 radical (unpaired) electrons. The lowest BCUT2D eigenvalue weighted by molar-refractivity contribution is 0.103. The van der Waals surface area contributed by atoms with Crippen molar-refractivity contribution >= 4 is 144 Å². The van der Waals surface area contributed by atoms with E-state index in [1.165, 1.54) is 169 Å². The van der Waals surface area contributed by atoms with Crippen molar-refractivity contribution in [1.29, 1.82) is 21.0 Å². The number of unbranched alkanes of at least 4 members (excludes halogenated alkanes) is 12. The summed E-state index contributed by atoms with van der Waals surface area (Å²) in [6, 6.07) is 52.6. The first kappa shape index (κ1) is 67.8. The number of rotatable bonds is 26. The molecule has 0 bridgehead atoms. The monoisotopic (exact) mass is 1450 g/mol. The van der Waals surface area contributed by atoms with E-state index < -0.39 is 10.8 Å². The topological polar surface area (TPSA) is 129 Å². The van der Waals surface area contributed by atoms with Gasteiger partial charge in [-0.05, 0) is 170 Å². The highest BCUT2D eigenvalue weighted by molar-refractivity contribution is 7.31. The molecule has 11 aromatic rings. The van der Waals surface area contributed by atoms with E-state index in [1.54, 1.807) is 34.8 Å². The molecular formula is C86H74N4O2S8. The molecule has 0 saturated carbocycles. The summed E-state index contributed by atoms with van der Waals surface area (Å²) >= 11 is 15.1. The fourth-order valence-corrected chi connectivity index (χ4v) is 26.6. The number of hydrogen-bond donors (Lipinski definition) is 0. The Morgan fingerprint density at radius 1 is 0.370 bits per heavy atom. The normalized spacial score (nSPS) is 15.2. The van der Waals surface area contributed by atoms with Crippen LogP contribution < -0.4 is 0 Å². The van der Waals surface area contributed by atoms with Crippen molar-refractivity contribution in [3.05, 3.63) is 237 Å². The first-order chi connectivity index (χ1) is 49.1. The number of thiophene rings is 8. The van der Waals surface area contributed by atoms with Crippen LogP contribution in [-0.4, -0.2) is 11.6 Å². The average molecular weight is 1450 g/mol. The zero-order chi connectivity index (χ0) is 68.8. The molecule has 8 heterocycles. The van der Waals surface area contributed by atoms with Gasteiger partial charge in [0.05, 0.1) is 20.2 Å². The Morgan fingerprint density at radius 3 is 1.00 bits per heavy atom. The van der Waals surface area contributed by atoms with Crippen LogP contribution in [0.3, 0.4) is 0 Å². The van der Waals surface area contributed by atoms with Gasteiger partial charge < -0.3 is 0 Å². The summed E-state index contributed by atoms with van der Waals surface area (Å²) in [5.41, 5.74) is 9.89. The first-order valence-electron chi connectivity index (χ1n) is 35.6. The number of Topliss-reactive ketones (excluding diaryl/α,β-unsaturated/α-hetero) is 2. The summed E-state index contributed by atoms with van der Waals surface area (Å²) in [7, 11) is 0. The average Bonchev–Trinajstić information content (AvgIpc) is 1.49. The molecule has 0 spiro atoms. The summed E-state index contributed by atoms with van der Waals surface area (Å²) in [6.07, 6.45) is 26.8. The minimum Gasteiger partial charge on any atom is -0.289 e. The Morgan fingerprint density at radius 2 is 0.690 bits per heavy atom. The zero-order valence-electron chi connectivity index (χ0n) is 56.7. The van der Waals surface area contributed by atoms with Crippen molar-refractivity contribution in [3.63, 3.8) is 0 Å². The van der Waals surface area contributed by atoms with E-state index in [0.717, 1.165) is 70.5 Å². The lowest BCUT2D eigenvalue weighted by Gasteiger charge is -2.32. The van der Waals surface area contributed by atoms with E-state index in [2.05, 4.69) is 125 Å².